The van der Waals surface area contributed by atoms with Gasteiger partial charge in [-0.15, -0.1) is 0 Å². The SMILES string of the molecule is CCC(CC)c1cc2cnc(Nc3ccc(C4CNCCS4)cc3)nc2n(Cc2ccncc2S(C)(=O)=O)c1=O. The van der Waals surface area contributed by atoms with Crippen LogP contribution < -0.4 is 16.2 Å². The third-order valence-electron chi connectivity index (χ3n) is 7.34. The summed E-state index contributed by atoms with van der Waals surface area (Å²) in [6.07, 6.45) is 7.36. The van der Waals surface area contributed by atoms with E-state index in [1.54, 1.807) is 16.8 Å². The molecule has 1 fully saturated rings. The maximum Gasteiger partial charge on any atom is 0.256 e. The average molecular weight is 579 g/mol. The Morgan fingerprint density at radius 3 is 2.60 bits per heavy atom. The van der Waals surface area contributed by atoms with Crippen LogP contribution in [0.3, 0.4) is 0 Å². The standard InChI is InChI=1S/C29H34N6O3S2/c1-4-19(5-2)24-14-22-15-32-29(33-23-8-6-20(7-9-23)25-16-31-12-13-39-25)34-27(22)35(28(24)36)18-21-10-11-30-17-26(21)40(3,37)38/h6-11,14-15,17,19,25,31H,4-5,12-13,16,18H2,1-3H3,(H,32,33,34). The molecule has 0 aliphatic carbocycles. The fourth-order valence-corrected chi connectivity index (χ4v) is 7.14. The van der Waals surface area contributed by atoms with Gasteiger partial charge in [-0.2, -0.15) is 16.7 Å². The highest BCUT2D eigenvalue weighted by atomic mass is 32.2. The van der Waals surface area contributed by atoms with Crippen molar-refractivity contribution in [1.82, 2.24) is 24.8 Å². The maximum atomic E-state index is 13.9. The van der Waals surface area contributed by atoms with E-state index in [-0.39, 0.29) is 22.9 Å². The molecule has 1 saturated heterocycles. The minimum absolute atomic E-state index is 0.0481. The quantitative estimate of drug-likeness (QED) is 0.292. The highest BCUT2D eigenvalue weighted by molar-refractivity contribution is 7.99. The van der Waals surface area contributed by atoms with Crippen molar-refractivity contribution < 1.29 is 8.42 Å². The lowest BCUT2D eigenvalue weighted by Crippen LogP contribution is -2.28. The Hall–Kier alpha value is -3.28. The predicted octanol–water partition coefficient (Wildman–Crippen LogP) is 4.66. The van der Waals surface area contributed by atoms with Gasteiger partial charge in [0.1, 0.15) is 5.65 Å². The molecule has 1 aliphatic heterocycles. The van der Waals surface area contributed by atoms with E-state index in [2.05, 4.69) is 46.6 Å². The van der Waals surface area contributed by atoms with Crippen molar-refractivity contribution in [2.45, 2.75) is 49.3 Å². The highest BCUT2D eigenvalue weighted by Gasteiger charge is 2.21. The monoisotopic (exact) mass is 578 g/mol. The Bertz CT molecular complexity index is 1660. The first-order valence-electron chi connectivity index (χ1n) is 13.5. The summed E-state index contributed by atoms with van der Waals surface area (Å²) >= 11 is 1.96. The number of fused-ring (bicyclic) bond motifs is 1. The predicted molar refractivity (Wildman–Crippen MR) is 161 cm³/mol. The molecule has 1 aliphatic rings. The molecular formula is C29H34N6O3S2. The zero-order valence-corrected chi connectivity index (χ0v) is 24.6. The zero-order chi connectivity index (χ0) is 28.3. The van der Waals surface area contributed by atoms with Crippen molar-refractivity contribution in [2.75, 3.05) is 30.4 Å². The zero-order valence-electron chi connectivity index (χ0n) is 22.9. The number of hydrogen-bond acceptors (Lipinski definition) is 9. The van der Waals surface area contributed by atoms with Gasteiger partial charge in [0.2, 0.25) is 5.95 Å². The lowest BCUT2D eigenvalue weighted by molar-refractivity contribution is 0.598. The highest BCUT2D eigenvalue weighted by Crippen LogP contribution is 2.31. The van der Waals surface area contributed by atoms with Crippen molar-refractivity contribution >= 4 is 44.3 Å². The van der Waals surface area contributed by atoms with Gasteiger partial charge in [0.25, 0.3) is 5.56 Å². The van der Waals surface area contributed by atoms with Crippen LogP contribution in [0.2, 0.25) is 0 Å². The topological polar surface area (TPSA) is 119 Å². The van der Waals surface area contributed by atoms with Gasteiger partial charge in [-0.1, -0.05) is 26.0 Å². The van der Waals surface area contributed by atoms with E-state index in [1.165, 1.54) is 18.0 Å². The van der Waals surface area contributed by atoms with Crippen LogP contribution in [-0.4, -0.2) is 53.0 Å². The summed E-state index contributed by atoms with van der Waals surface area (Å²) in [5, 5.41) is 7.86. The van der Waals surface area contributed by atoms with Crippen LogP contribution in [-0.2, 0) is 16.4 Å². The summed E-state index contributed by atoms with van der Waals surface area (Å²) in [4.78, 5) is 27.3. The molecule has 3 aromatic heterocycles. The summed E-state index contributed by atoms with van der Waals surface area (Å²) < 4.78 is 26.5. The van der Waals surface area contributed by atoms with Gasteiger partial charge in [-0.05, 0) is 54.2 Å². The Labute approximate surface area is 238 Å². The smallest absolute Gasteiger partial charge is 0.256 e. The Balaban J connectivity index is 1.55. The van der Waals surface area contributed by atoms with Crippen molar-refractivity contribution in [2.24, 2.45) is 0 Å². The summed E-state index contributed by atoms with van der Waals surface area (Å²) in [5.74, 6) is 1.53. The summed E-state index contributed by atoms with van der Waals surface area (Å²) in [6, 6.07) is 11.8. The molecule has 0 radical (unpaired) electrons. The van der Waals surface area contributed by atoms with Crippen LogP contribution in [0.4, 0.5) is 11.6 Å². The van der Waals surface area contributed by atoms with Crippen molar-refractivity contribution in [1.29, 1.82) is 0 Å². The number of nitrogens with one attached hydrogen (secondary N) is 2. The molecule has 40 heavy (non-hydrogen) atoms. The minimum Gasteiger partial charge on any atom is -0.324 e. The number of hydrogen-bond donors (Lipinski definition) is 2. The van der Waals surface area contributed by atoms with Crippen molar-refractivity contribution in [3.05, 3.63) is 82.0 Å². The molecule has 9 nitrogen and oxygen atoms in total. The van der Waals surface area contributed by atoms with E-state index in [1.807, 2.05) is 30.0 Å². The lowest BCUT2D eigenvalue weighted by Gasteiger charge is -2.22. The van der Waals surface area contributed by atoms with Crippen LogP contribution in [0.15, 0.2) is 64.7 Å². The molecule has 0 saturated carbocycles. The van der Waals surface area contributed by atoms with Crippen LogP contribution in [0.25, 0.3) is 11.0 Å². The fraction of sp³-hybridized carbons (Fsp3) is 0.379. The summed E-state index contributed by atoms with van der Waals surface area (Å²) in [7, 11) is -3.54. The number of sulfone groups is 1. The molecule has 4 heterocycles. The normalized spacial score (nSPS) is 15.9. The van der Waals surface area contributed by atoms with Crippen molar-refractivity contribution in [3.8, 4) is 0 Å². The van der Waals surface area contributed by atoms with Crippen LogP contribution in [0, 0.1) is 0 Å². The van der Waals surface area contributed by atoms with E-state index >= 15 is 0 Å². The van der Waals surface area contributed by atoms with Gasteiger partial charge in [-0.25, -0.2) is 13.4 Å². The van der Waals surface area contributed by atoms with Crippen LogP contribution >= 0.6 is 11.8 Å². The second-order valence-electron chi connectivity index (χ2n) is 10.0. The van der Waals surface area contributed by atoms with E-state index in [4.69, 9.17) is 4.98 Å². The van der Waals surface area contributed by atoms with Gasteiger partial charge in [0.05, 0.1) is 11.4 Å². The second-order valence-corrected chi connectivity index (χ2v) is 13.3. The number of rotatable bonds is 9. The van der Waals surface area contributed by atoms with E-state index in [0.29, 0.717) is 28.0 Å². The number of nitrogens with zero attached hydrogens (tertiary/aromatic N) is 4. The maximum absolute atomic E-state index is 13.9. The molecular weight excluding hydrogens is 544 g/mol. The molecule has 11 heteroatoms. The molecule has 210 valence electrons. The van der Waals surface area contributed by atoms with Gasteiger partial charge in [-0.3, -0.25) is 14.3 Å². The number of thioether (sulfide) groups is 1. The fourth-order valence-electron chi connectivity index (χ4n) is 5.14. The van der Waals surface area contributed by atoms with E-state index < -0.39 is 9.84 Å². The second kappa shape index (κ2) is 12.1. The van der Waals surface area contributed by atoms with E-state index in [0.717, 1.165) is 49.0 Å². The molecule has 5 rings (SSSR count). The number of pyridine rings is 2. The third kappa shape index (κ3) is 6.06. The number of aromatic nitrogens is 4. The Morgan fingerprint density at radius 1 is 1.15 bits per heavy atom. The van der Waals surface area contributed by atoms with E-state index in [9.17, 15) is 13.2 Å². The molecule has 1 aromatic carbocycles. The molecule has 2 N–H and O–H groups in total. The molecule has 0 bridgehead atoms. The third-order valence-corrected chi connectivity index (χ3v) is 9.79. The van der Waals surface area contributed by atoms with Gasteiger partial charge in [0, 0.05) is 65.6 Å². The van der Waals surface area contributed by atoms with Gasteiger partial charge in [0.15, 0.2) is 9.84 Å². The molecule has 4 aromatic rings. The van der Waals surface area contributed by atoms with Gasteiger partial charge < -0.3 is 10.6 Å². The summed E-state index contributed by atoms with van der Waals surface area (Å²) in [6.45, 7) is 6.17. The summed E-state index contributed by atoms with van der Waals surface area (Å²) in [5.41, 5.74) is 3.54. The van der Waals surface area contributed by atoms with Crippen LogP contribution in [0.5, 0.6) is 0 Å². The Kier molecular flexibility index (Phi) is 8.53. The first-order valence-corrected chi connectivity index (χ1v) is 16.4. The largest absolute Gasteiger partial charge is 0.324 e. The number of benzene rings is 1. The molecule has 0 amide bonds. The van der Waals surface area contributed by atoms with Crippen LogP contribution in [0.1, 0.15) is 54.5 Å². The van der Waals surface area contributed by atoms with Gasteiger partial charge >= 0.3 is 0 Å². The first-order chi connectivity index (χ1) is 19.3. The number of anilines is 2. The molecule has 0 spiro atoms. The molecule has 1 atom stereocenters. The average Bonchev–Trinajstić information content (AvgIpc) is 2.96. The Morgan fingerprint density at radius 2 is 1.93 bits per heavy atom. The van der Waals surface area contributed by atoms with Crippen molar-refractivity contribution in [3.63, 3.8) is 0 Å². The lowest BCUT2D eigenvalue weighted by atomic mass is 9.94. The first kappa shape index (κ1) is 28.3. The molecule has 1 unspecified atom stereocenters. The minimum atomic E-state index is -3.54.